The number of nitrogens with zero attached hydrogens (tertiary/aromatic N) is 2. The van der Waals surface area contributed by atoms with Crippen LogP contribution in [0, 0.1) is 6.92 Å². The minimum absolute atomic E-state index is 0.261. The lowest BCUT2D eigenvalue weighted by molar-refractivity contribution is 0.0955. The van der Waals surface area contributed by atoms with Crippen LogP contribution < -0.4 is 5.43 Å². The Labute approximate surface area is 129 Å². The summed E-state index contributed by atoms with van der Waals surface area (Å²) >= 11 is 5.78. The average Bonchev–Trinajstić information content (AvgIpc) is 2.80. The van der Waals surface area contributed by atoms with Gasteiger partial charge in [0.05, 0.1) is 6.21 Å². The van der Waals surface area contributed by atoms with E-state index in [0.717, 1.165) is 11.3 Å². The van der Waals surface area contributed by atoms with Crippen LogP contribution in [0.4, 0.5) is 0 Å². The molecule has 1 aromatic carbocycles. The van der Waals surface area contributed by atoms with Crippen LogP contribution in [0.25, 0.3) is 0 Å². The highest BCUT2D eigenvalue weighted by Crippen LogP contribution is 2.12. The number of hydrogen-bond acceptors (Lipinski definition) is 2. The van der Waals surface area contributed by atoms with Crippen molar-refractivity contribution >= 4 is 23.7 Å². The molecule has 0 spiro atoms. The molecule has 0 radical (unpaired) electrons. The summed E-state index contributed by atoms with van der Waals surface area (Å²) in [5.74, 6) is -0.261. The maximum Gasteiger partial charge on any atom is 0.271 e. The van der Waals surface area contributed by atoms with E-state index in [0.29, 0.717) is 16.6 Å². The summed E-state index contributed by atoms with van der Waals surface area (Å²) in [6.45, 7) is 6.29. The van der Waals surface area contributed by atoms with E-state index in [1.165, 1.54) is 0 Å². The molecule has 2 aromatic rings. The number of halogens is 1. The number of rotatable bonds is 4. The highest BCUT2D eigenvalue weighted by atomic mass is 35.5. The van der Waals surface area contributed by atoms with E-state index < -0.39 is 0 Å². The van der Waals surface area contributed by atoms with E-state index in [9.17, 15) is 4.79 Å². The Morgan fingerprint density at radius 1 is 1.33 bits per heavy atom. The largest absolute Gasteiger partial charge is 0.349 e. The Morgan fingerprint density at radius 2 is 2.00 bits per heavy atom. The molecule has 0 fully saturated rings. The molecule has 0 aliphatic carbocycles. The number of nitrogens with one attached hydrogen (secondary N) is 1. The highest BCUT2D eigenvalue weighted by Gasteiger charge is 2.05. The van der Waals surface area contributed by atoms with Crippen molar-refractivity contribution < 1.29 is 4.79 Å². The zero-order valence-electron chi connectivity index (χ0n) is 12.3. The summed E-state index contributed by atoms with van der Waals surface area (Å²) in [5, 5.41) is 4.58. The van der Waals surface area contributed by atoms with Crippen LogP contribution in [0.1, 0.15) is 41.5 Å². The Balaban J connectivity index is 2.00. The number of carbonyl (C=O) groups is 1. The molecule has 0 saturated heterocycles. The normalized spacial score (nSPS) is 11.3. The molecule has 0 aliphatic rings. The number of aromatic nitrogens is 1. The first kappa shape index (κ1) is 15.3. The van der Waals surface area contributed by atoms with Gasteiger partial charge < -0.3 is 4.57 Å². The van der Waals surface area contributed by atoms with E-state index in [1.54, 1.807) is 30.5 Å². The fourth-order valence-electron chi connectivity index (χ4n) is 2.07. The molecule has 1 N–H and O–H groups in total. The van der Waals surface area contributed by atoms with Crippen LogP contribution in [0.15, 0.2) is 41.6 Å². The summed E-state index contributed by atoms with van der Waals surface area (Å²) in [5.41, 5.74) is 5.14. The van der Waals surface area contributed by atoms with Crippen LogP contribution in [-0.2, 0) is 0 Å². The maximum atomic E-state index is 11.9. The molecule has 1 aromatic heterocycles. The lowest BCUT2D eigenvalue weighted by Crippen LogP contribution is -2.17. The van der Waals surface area contributed by atoms with Crippen molar-refractivity contribution in [3.63, 3.8) is 0 Å². The van der Waals surface area contributed by atoms with Crippen molar-refractivity contribution in [3.8, 4) is 0 Å². The van der Waals surface area contributed by atoms with Gasteiger partial charge in [0.1, 0.15) is 0 Å². The summed E-state index contributed by atoms with van der Waals surface area (Å²) in [6.07, 6.45) is 3.65. The first-order valence-corrected chi connectivity index (χ1v) is 7.12. The fourth-order valence-corrected chi connectivity index (χ4v) is 2.20. The van der Waals surface area contributed by atoms with E-state index >= 15 is 0 Å². The standard InChI is InChI=1S/C16H18ClN3O/c1-11(2)20-10-13(8-12(20)3)9-18-19-16(21)14-4-6-15(17)7-5-14/h4-11H,1-3H3,(H,19,21)/b18-9-. The first-order chi connectivity index (χ1) is 9.97. The second-order valence-electron chi connectivity index (χ2n) is 5.12. The lowest BCUT2D eigenvalue weighted by atomic mass is 10.2. The number of hydrazone groups is 1. The first-order valence-electron chi connectivity index (χ1n) is 6.75. The van der Waals surface area contributed by atoms with Gasteiger partial charge >= 0.3 is 0 Å². The van der Waals surface area contributed by atoms with Gasteiger partial charge in [0.15, 0.2) is 0 Å². The SMILES string of the molecule is Cc1cc(/C=N\NC(=O)c2ccc(Cl)cc2)cn1C(C)C. The van der Waals surface area contributed by atoms with Gasteiger partial charge in [0.2, 0.25) is 0 Å². The van der Waals surface area contributed by atoms with Crippen molar-refractivity contribution in [3.05, 3.63) is 58.4 Å². The van der Waals surface area contributed by atoms with Gasteiger partial charge in [-0.05, 0) is 51.1 Å². The second-order valence-corrected chi connectivity index (χ2v) is 5.56. The van der Waals surface area contributed by atoms with E-state index in [1.807, 2.05) is 19.2 Å². The molecule has 21 heavy (non-hydrogen) atoms. The minimum Gasteiger partial charge on any atom is -0.349 e. The molecule has 4 nitrogen and oxygen atoms in total. The number of aryl methyl sites for hydroxylation is 1. The summed E-state index contributed by atoms with van der Waals surface area (Å²) in [4.78, 5) is 11.9. The third kappa shape index (κ3) is 3.95. The Kier molecular flexibility index (Phi) is 4.81. The molecule has 110 valence electrons. The van der Waals surface area contributed by atoms with Crippen LogP contribution in [-0.4, -0.2) is 16.7 Å². The zero-order chi connectivity index (χ0) is 15.4. The number of carbonyl (C=O) groups excluding carboxylic acids is 1. The molecule has 5 heteroatoms. The molecule has 0 atom stereocenters. The molecule has 1 amide bonds. The summed E-state index contributed by atoms with van der Waals surface area (Å²) < 4.78 is 2.16. The fraction of sp³-hybridized carbons (Fsp3) is 0.250. The Morgan fingerprint density at radius 3 is 2.57 bits per heavy atom. The second kappa shape index (κ2) is 6.59. The van der Waals surface area contributed by atoms with Crippen molar-refractivity contribution in [2.24, 2.45) is 5.10 Å². The smallest absolute Gasteiger partial charge is 0.271 e. The van der Waals surface area contributed by atoms with Crippen molar-refractivity contribution in [1.82, 2.24) is 9.99 Å². The molecule has 0 unspecified atom stereocenters. The van der Waals surface area contributed by atoms with Crippen LogP contribution in [0.2, 0.25) is 5.02 Å². The third-order valence-corrected chi connectivity index (χ3v) is 3.37. The highest BCUT2D eigenvalue weighted by molar-refractivity contribution is 6.30. The minimum atomic E-state index is -0.261. The van der Waals surface area contributed by atoms with Gasteiger partial charge in [-0.15, -0.1) is 0 Å². The predicted octanol–water partition coefficient (Wildman–Crippen LogP) is 3.79. The van der Waals surface area contributed by atoms with Gasteiger partial charge in [0, 0.05) is 34.1 Å². The van der Waals surface area contributed by atoms with E-state index in [4.69, 9.17) is 11.6 Å². The number of benzene rings is 1. The zero-order valence-corrected chi connectivity index (χ0v) is 13.1. The van der Waals surface area contributed by atoms with Gasteiger partial charge in [-0.25, -0.2) is 5.43 Å². The van der Waals surface area contributed by atoms with Crippen LogP contribution in [0.3, 0.4) is 0 Å². The molecule has 0 aliphatic heterocycles. The average molecular weight is 304 g/mol. The third-order valence-electron chi connectivity index (χ3n) is 3.11. The van der Waals surface area contributed by atoms with Crippen LogP contribution in [0.5, 0.6) is 0 Å². The lowest BCUT2D eigenvalue weighted by Gasteiger charge is -2.08. The number of hydrogen-bond donors (Lipinski definition) is 1. The van der Waals surface area contributed by atoms with Gasteiger partial charge in [-0.3, -0.25) is 4.79 Å². The van der Waals surface area contributed by atoms with Gasteiger partial charge in [-0.2, -0.15) is 5.10 Å². The molecule has 0 saturated carbocycles. The van der Waals surface area contributed by atoms with Gasteiger partial charge in [0.25, 0.3) is 5.91 Å². The molecule has 2 rings (SSSR count). The van der Waals surface area contributed by atoms with Crippen LogP contribution >= 0.6 is 11.6 Å². The molecule has 0 bridgehead atoms. The van der Waals surface area contributed by atoms with Crippen molar-refractivity contribution in [2.45, 2.75) is 26.8 Å². The number of amides is 1. The van der Waals surface area contributed by atoms with Gasteiger partial charge in [-0.1, -0.05) is 11.6 Å². The predicted molar refractivity (Wildman–Crippen MR) is 86.1 cm³/mol. The van der Waals surface area contributed by atoms with Crippen molar-refractivity contribution in [1.29, 1.82) is 0 Å². The molecular formula is C16H18ClN3O. The summed E-state index contributed by atoms with van der Waals surface area (Å²) in [6, 6.07) is 9.09. The monoisotopic (exact) mass is 303 g/mol. The summed E-state index contributed by atoms with van der Waals surface area (Å²) in [7, 11) is 0. The topological polar surface area (TPSA) is 46.4 Å². The molecule has 1 heterocycles. The Bertz CT molecular complexity index is 657. The van der Waals surface area contributed by atoms with E-state index in [-0.39, 0.29) is 5.91 Å². The quantitative estimate of drug-likeness (QED) is 0.678. The van der Waals surface area contributed by atoms with Crippen molar-refractivity contribution in [2.75, 3.05) is 0 Å². The maximum absolute atomic E-state index is 11.9. The molecular weight excluding hydrogens is 286 g/mol. The Hall–Kier alpha value is -2.07. The van der Waals surface area contributed by atoms with E-state index in [2.05, 4.69) is 28.9 Å².